The van der Waals surface area contributed by atoms with Crippen LogP contribution < -0.4 is 0 Å². The highest BCUT2D eigenvalue weighted by atomic mass is 32.1. The topological polar surface area (TPSA) is 35.5 Å². The minimum atomic E-state index is -0.165. The van der Waals surface area contributed by atoms with Crippen molar-refractivity contribution in [3.8, 4) is 10.4 Å². The number of carbonyl (C=O) groups is 1. The van der Waals surface area contributed by atoms with Gasteiger partial charge in [0.1, 0.15) is 0 Å². The number of methoxy groups -OCH3 is 1. The minimum Gasteiger partial charge on any atom is -0.469 e. The molecule has 4 heteroatoms. The van der Waals surface area contributed by atoms with Crippen molar-refractivity contribution in [2.24, 2.45) is 0 Å². The lowest BCUT2D eigenvalue weighted by atomic mass is 10.1. The van der Waals surface area contributed by atoms with Crippen LogP contribution in [0.25, 0.3) is 10.4 Å². The number of benzene rings is 1. The number of esters is 1. The highest BCUT2D eigenvalue weighted by Gasteiger charge is 2.05. The van der Waals surface area contributed by atoms with Crippen molar-refractivity contribution < 1.29 is 14.3 Å². The van der Waals surface area contributed by atoms with Crippen molar-refractivity contribution in [3.63, 3.8) is 0 Å². The molecule has 1 aromatic carbocycles. The van der Waals surface area contributed by atoms with Crippen LogP contribution in [0.1, 0.15) is 44.1 Å². The Morgan fingerprint density at radius 2 is 1.72 bits per heavy atom. The van der Waals surface area contributed by atoms with Gasteiger partial charge in [-0.05, 0) is 36.1 Å². The molecule has 0 fully saturated rings. The van der Waals surface area contributed by atoms with Crippen LogP contribution in [0, 0.1) is 0 Å². The molecule has 0 spiro atoms. The van der Waals surface area contributed by atoms with Crippen LogP contribution >= 0.6 is 11.3 Å². The summed E-state index contributed by atoms with van der Waals surface area (Å²) < 4.78 is 10.2. The maximum Gasteiger partial charge on any atom is 0.305 e. The molecule has 25 heavy (non-hydrogen) atoms. The Hall–Kier alpha value is -1.65. The predicted molar refractivity (Wildman–Crippen MR) is 106 cm³/mol. The van der Waals surface area contributed by atoms with E-state index in [0.29, 0.717) is 6.42 Å². The molecule has 0 aliphatic carbocycles. The van der Waals surface area contributed by atoms with Crippen LogP contribution in [-0.2, 0) is 27.1 Å². The fraction of sp³-hybridized carbons (Fsp3) is 0.476. The van der Waals surface area contributed by atoms with E-state index >= 15 is 0 Å². The van der Waals surface area contributed by atoms with Gasteiger partial charge in [-0.25, -0.2) is 0 Å². The quantitative estimate of drug-likeness (QED) is 0.435. The number of hydrogen-bond acceptors (Lipinski definition) is 4. The summed E-state index contributed by atoms with van der Waals surface area (Å²) in [5.41, 5.74) is 2.38. The van der Waals surface area contributed by atoms with Crippen LogP contribution in [0.4, 0.5) is 0 Å². The van der Waals surface area contributed by atoms with Crippen molar-refractivity contribution in [1.82, 2.24) is 0 Å². The molecule has 0 radical (unpaired) electrons. The summed E-state index contributed by atoms with van der Waals surface area (Å²) >= 11 is 1.82. The van der Waals surface area contributed by atoms with E-state index in [1.54, 1.807) is 0 Å². The molecular weight excluding hydrogens is 332 g/mol. The first-order valence-electron chi connectivity index (χ1n) is 9.05. The third-order valence-electron chi connectivity index (χ3n) is 3.59. The number of thiophene rings is 1. The first kappa shape index (κ1) is 21.4. The summed E-state index contributed by atoms with van der Waals surface area (Å²) in [4.78, 5) is 13.8. The molecule has 138 valence electrons. The fourth-order valence-electron chi connectivity index (χ4n) is 2.27. The fourth-order valence-corrected chi connectivity index (χ4v) is 3.26. The van der Waals surface area contributed by atoms with Crippen molar-refractivity contribution in [2.45, 2.75) is 46.5 Å². The summed E-state index contributed by atoms with van der Waals surface area (Å²) in [5, 5.41) is 0. The molecular formula is C21H30O3S. The predicted octanol–water partition coefficient (Wildman–Crippen LogP) is 5.52. The summed E-state index contributed by atoms with van der Waals surface area (Å²) in [5.74, 6) is -0.165. The van der Waals surface area contributed by atoms with Gasteiger partial charge in [0.25, 0.3) is 0 Å². The Labute approximate surface area is 156 Å². The van der Waals surface area contributed by atoms with Crippen molar-refractivity contribution in [3.05, 3.63) is 46.8 Å². The second-order valence-corrected chi connectivity index (χ2v) is 6.57. The van der Waals surface area contributed by atoms with Gasteiger partial charge < -0.3 is 9.47 Å². The van der Waals surface area contributed by atoms with Gasteiger partial charge in [0, 0.05) is 29.2 Å². The number of aryl methyl sites for hydroxylation is 1. The van der Waals surface area contributed by atoms with E-state index in [9.17, 15) is 4.79 Å². The third kappa shape index (κ3) is 7.84. The Morgan fingerprint density at radius 3 is 2.36 bits per heavy atom. The van der Waals surface area contributed by atoms with Gasteiger partial charge in [0.2, 0.25) is 0 Å². The molecule has 0 aliphatic heterocycles. The number of ether oxygens (including phenoxy) is 2. The van der Waals surface area contributed by atoms with E-state index < -0.39 is 0 Å². The molecule has 0 saturated carbocycles. The van der Waals surface area contributed by atoms with E-state index in [0.717, 1.165) is 38.0 Å². The van der Waals surface area contributed by atoms with E-state index in [2.05, 4.69) is 48.1 Å². The van der Waals surface area contributed by atoms with Gasteiger partial charge >= 0.3 is 5.97 Å². The smallest absolute Gasteiger partial charge is 0.305 e. The number of carbonyl (C=O) groups excluding carboxylic acids is 1. The summed E-state index contributed by atoms with van der Waals surface area (Å²) in [6.45, 7) is 7.75. The Balaban J connectivity index is 0.00000151. The lowest BCUT2D eigenvalue weighted by molar-refractivity contribution is -0.140. The van der Waals surface area contributed by atoms with Crippen LogP contribution in [0.15, 0.2) is 36.4 Å². The SMILES string of the molecule is CC.CCCOCCc1ccc(-c2ccc(CCC(=O)OC)cc2)s1. The second kappa shape index (κ2) is 12.7. The molecule has 0 unspecified atom stereocenters. The van der Waals surface area contributed by atoms with Gasteiger partial charge in [-0.2, -0.15) is 0 Å². The zero-order valence-electron chi connectivity index (χ0n) is 15.8. The van der Waals surface area contributed by atoms with E-state index in [1.165, 1.54) is 22.4 Å². The van der Waals surface area contributed by atoms with Crippen LogP contribution in [0.2, 0.25) is 0 Å². The van der Waals surface area contributed by atoms with Gasteiger partial charge in [0.05, 0.1) is 13.7 Å². The van der Waals surface area contributed by atoms with Crippen LogP contribution in [0.3, 0.4) is 0 Å². The largest absolute Gasteiger partial charge is 0.469 e. The van der Waals surface area contributed by atoms with E-state index in [-0.39, 0.29) is 5.97 Å². The minimum absolute atomic E-state index is 0.165. The molecule has 0 N–H and O–H groups in total. The molecule has 3 nitrogen and oxygen atoms in total. The molecule has 1 aromatic heterocycles. The molecule has 2 rings (SSSR count). The maximum absolute atomic E-state index is 11.2. The molecule has 2 aromatic rings. The lowest BCUT2D eigenvalue weighted by Crippen LogP contribution is -2.01. The molecule has 0 amide bonds. The first-order chi connectivity index (χ1) is 12.2. The van der Waals surface area contributed by atoms with E-state index in [4.69, 9.17) is 4.74 Å². The summed E-state index contributed by atoms with van der Waals surface area (Å²) in [6, 6.07) is 12.8. The number of rotatable bonds is 9. The third-order valence-corrected chi connectivity index (χ3v) is 4.78. The first-order valence-corrected chi connectivity index (χ1v) is 9.87. The van der Waals surface area contributed by atoms with Gasteiger partial charge in [-0.3, -0.25) is 4.79 Å². The Morgan fingerprint density at radius 1 is 1.00 bits per heavy atom. The highest BCUT2D eigenvalue weighted by Crippen LogP contribution is 2.28. The average molecular weight is 363 g/mol. The van der Waals surface area contributed by atoms with Gasteiger partial charge in [0.15, 0.2) is 0 Å². The van der Waals surface area contributed by atoms with E-state index in [1.807, 2.05) is 25.2 Å². The van der Waals surface area contributed by atoms with Crippen molar-refractivity contribution in [1.29, 1.82) is 0 Å². The van der Waals surface area contributed by atoms with Crippen LogP contribution in [0.5, 0.6) is 0 Å². The Kier molecular flexibility index (Phi) is 10.8. The van der Waals surface area contributed by atoms with Crippen molar-refractivity contribution >= 4 is 17.3 Å². The van der Waals surface area contributed by atoms with Crippen molar-refractivity contribution in [2.75, 3.05) is 20.3 Å². The molecule has 0 atom stereocenters. The standard InChI is InChI=1S/C19H24O3S.C2H6/c1-3-13-22-14-12-17-9-10-18(23-17)16-7-4-15(5-8-16)6-11-19(20)21-2;1-2/h4-5,7-10H,3,6,11-14H2,1-2H3;1-2H3. The molecule has 0 saturated heterocycles. The molecule has 0 bridgehead atoms. The monoisotopic (exact) mass is 362 g/mol. The highest BCUT2D eigenvalue weighted by molar-refractivity contribution is 7.15. The summed E-state index contributed by atoms with van der Waals surface area (Å²) in [6.07, 6.45) is 3.19. The normalized spacial score (nSPS) is 10.1. The average Bonchev–Trinajstić information content (AvgIpc) is 3.14. The Bertz CT molecular complexity index is 602. The zero-order valence-corrected chi connectivity index (χ0v) is 16.7. The zero-order chi connectivity index (χ0) is 18.5. The van der Waals surface area contributed by atoms with Gasteiger partial charge in [-0.1, -0.05) is 45.0 Å². The van der Waals surface area contributed by atoms with Crippen LogP contribution in [-0.4, -0.2) is 26.3 Å². The van der Waals surface area contributed by atoms with Gasteiger partial charge in [-0.15, -0.1) is 11.3 Å². The summed E-state index contributed by atoms with van der Waals surface area (Å²) in [7, 11) is 1.42. The molecule has 1 heterocycles. The number of hydrogen-bond donors (Lipinski definition) is 0. The maximum atomic E-state index is 11.2. The second-order valence-electron chi connectivity index (χ2n) is 5.40. The molecule has 0 aliphatic rings. The lowest BCUT2D eigenvalue weighted by Gasteiger charge is -2.03.